The molecule has 0 aliphatic rings. The summed E-state index contributed by atoms with van der Waals surface area (Å²) in [6.45, 7) is 5.24. The molecular weight excluding hydrogens is 294 g/mol. The minimum absolute atomic E-state index is 0.0587. The summed E-state index contributed by atoms with van der Waals surface area (Å²) in [5.74, 6) is -0.0587. The molecule has 0 saturated carbocycles. The SMILES string of the molecule is CCC(CC)N(CCOC)C(=O)c1cc(S)ccc1Cl. The van der Waals surface area contributed by atoms with Crippen molar-refractivity contribution in [3.63, 3.8) is 0 Å². The van der Waals surface area contributed by atoms with Crippen molar-refractivity contribution in [2.75, 3.05) is 20.3 Å². The molecule has 1 amide bonds. The van der Waals surface area contributed by atoms with Gasteiger partial charge in [0.25, 0.3) is 5.91 Å². The minimum atomic E-state index is -0.0587. The first-order valence-corrected chi connectivity index (χ1v) is 7.66. The van der Waals surface area contributed by atoms with Crippen molar-refractivity contribution in [2.24, 2.45) is 0 Å². The van der Waals surface area contributed by atoms with Gasteiger partial charge in [-0.05, 0) is 31.0 Å². The van der Waals surface area contributed by atoms with Crippen molar-refractivity contribution in [2.45, 2.75) is 37.6 Å². The van der Waals surface area contributed by atoms with Gasteiger partial charge in [-0.15, -0.1) is 12.6 Å². The third-order valence-corrected chi connectivity index (χ3v) is 3.97. The lowest BCUT2D eigenvalue weighted by atomic mass is 10.1. The van der Waals surface area contributed by atoms with Crippen molar-refractivity contribution in [1.82, 2.24) is 4.90 Å². The first kappa shape index (κ1) is 17.3. The predicted octanol–water partition coefficient (Wildman–Crippen LogP) is 3.91. The number of hydrogen-bond donors (Lipinski definition) is 1. The molecule has 5 heteroatoms. The fourth-order valence-electron chi connectivity index (χ4n) is 2.20. The van der Waals surface area contributed by atoms with Crippen LogP contribution in [0.4, 0.5) is 0 Å². The lowest BCUT2D eigenvalue weighted by molar-refractivity contribution is 0.0589. The van der Waals surface area contributed by atoms with E-state index in [4.69, 9.17) is 16.3 Å². The maximum atomic E-state index is 12.7. The highest BCUT2D eigenvalue weighted by Gasteiger charge is 2.23. The van der Waals surface area contributed by atoms with Gasteiger partial charge in [-0.2, -0.15) is 0 Å². The molecule has 0 unspecified atom stereocenters. The van der Waals surface area contributed by atoms with Crippen molar-refractivity contribution >= 4 is 30.1 Å². The zero-order valence-corrected chi connectivity index (χ0v) is 13.9. The number of thiol groups is 1. The number of carbonyl (C=O) groups is 1. The van der Waals surface area contributed by atoms with Crippen LogP contribution in [0.3, 0.4) is 0 Å². The fourth-order valence-corrected chi connectivity index (χ4v) is 2.60. The van der Waals surface area contributed by atoms with E-state index in [1.807, 2.05) is 4.90 Å². The second-order valence-corrected chi connectivity index (χ2v) is 5.55. The van der Waals surface area contributed by atoms with Crippen LogP contribution >= 0.6 is 24.2 Å². The van der Waals surface area contributed by atoms with Gasteiger partial charge in [-0.1, -0.05) is 25.4 Å². The van der Waals surface area contributed by atoms with E-state index < -0.39 is 0 Å². The maximum Gasteiger partial charge on any atom is 0.255 e. The summed E-state index contributed by atoms with van der Waals surface area (Å²) in [6.07, 6.45) is 1.81. The smallest absolute Gasteiger partial charge is 0.255 e. The molecular formula is C15H22ClNO2S. The van der Waals surface area contributed by atoms with Crippen LogP contribution in [-0.4, -0.2) is 37.1 Å². The normalized spacial score (nSPS) is 10.9. The number of halogens is 1. The molecule has 112 valence electrons. The van der Waals surface area contributed by atoms with Crippen LogP contribution in [0.2, 0.25) is 5.02 Å². The second kappa shape index (κ2) is 8.55. The van der Waals surface area contributed by atoms with Gasteiger partial charge in [0.1, 0.15) is 0 Å². The number of ether oxygens (including phenoxy) is 1. The monoisotopic (exact) mass is 315 g/mol. The third kappa shape index (κ3) is 4.40. The molecule has 3 nitrogen and oxygen atoms in total. The topological polar surface area (TPSA) is 29.5 Å². The Kier molecular flexibility index (Phi) is 7.41. The largest absolute Gasteiger partial charge is 0.383 e. The summed E-state index contributed by atoms with van der Waals surface area (Å²) < 4.78 is 5.11. The van der Waals surface area contributed by atoms with E-state index in [0.717, 1.165) is 17.7 Å². The Balaban J connectivity index is 3.05. The lowest BCUT2D eigenvalue weighted by Crippen LogP contribution is -2.42. The van der Waals surface area contributed by atoms with Crippen LogP contribution in [0, 0.1) is 0 Å². The quantitative estimate of drug-likeness (QED) is 0.773. The molecule has 1 rings (SSSR count). The summed E-state index contributed by atoms with van der Waals surface area (Å²) in [7, 11) is 1.64. The number of amides is 1. The Hall–Kier alpha value is -0.710. The van der Waals surface area contributed by atoms with Gasteiger partial charge in [-0.25, -0.2) is 0 Å². The zero-order chi connectivity index (χ0) is 15.1. The van der Waals surface area contributed by atoms with E-state index in [9.17, 15) is 4.79 Å². The number of carbonyl (C=O) groups excluding carboxylic acids is 1. The van der Waals surface area contributed by atoms with Gasteiger partial charge in [0.2, 0.25) is 0 Å². The first-order valence-electron chi connectivity index (χ1n) is 6.83. The van der Waals surface area contributed by atoms with E-state index in [0.29, 0.717) is 23.7 Å². The van der Waals surface area contributed by atoms with Crippen LogP contribution in [0.15, 0.2) is 23.1 Å². The van der Waals surface area contributed by atoms with Crippen LogP contribution in [-0.2, 0) is 4.74 Å². The molecule has 0 bridgehead atoms. The lowest BCUT2D eigenvalue weighted by Gasteiger charge is -2.30. The van der Waals surface area contributed by atoms with E-state index in [1.54, 1.807) is 25.3 Å². The van der Waals surface area contributed by atoms with Gasteiger partial charge in [0.05, 0.1) is 17.2 Å². The molecule has 0 aromatic heterocycles. The molecule has 0 saturated heterocycles. The number of methoxy groups -OCH3 is 1. The number of hydrogen-bond acceptors (Lipinski definition) is 3. The maximum absolute atomic E-state index is 12.7. The average molecular weight is 316 g/mol. The van der Waals surface area contributed by atoms with Crippen LogP contribution in [0.1, 0.15) is 37.0 Å². The molecule has 0 spiro atoms. The van der Waals surface area contributed by atoms with E-state index >= 15 is 0 Å². The zero-order valence-electron chi connectivity index (χ0n) is 12.2. The minimum Gasteiger partial charge on any atom is -0.383 e. The Morgan fingerprint density at radius 3 is 2.60 bits per heavy atom. The molecule has 1 aromatic carbocycles. The van der Waals surface area contributed by atoms with Gasteiger partial charge in [0.15, 0.2) is 0 Å². The Bertz CT molecular complexity index is 449. The standard InChI is InChI=1S/C15H22ClNO2S/c1-4-11(5-2)17(8-9-19-3)15(18)13-10-12(20)6-7-14(13)16/h6-7,10-11,20H,4-5,8-9H2,1-3H3. The first-order chi connectivity index (χ1) is 9.54. The summed E-state index contributed by atoms with van der Waals surface area (Å²) in [5.41, 5.74) is 0.502. The highest BCUT2D eigenvalue weighted by Crippen LogP contribution is 2.23. The van der Waals surface area contributed by atoms with E-state index in [1.165, 1.54) is 0 Å². The molecule has 1 aromatic rings. The highest BCUT2D eigenvalue weighted by molar-refractivity contribution is 7.80. The summed E-state index contributed by atoms with van der Waals surface area (Å²) in [4.78, 5) is 15.3. The van der Waals surface area contributed by atoms with Crippen molar-refractivity contribution in [3.05, 3.63) is 28.8 Å². The van der Waals surface area contributed by atoms with Crippen LogP contribution in [0.5, 0.6) is 0 Å². The predicted molar refractivity (Wildman–Crippen MR) is 86.0 cm³/mol. The summed E-state index contributed by atoms with van der Waals surface area (Å²) in [5, 5.41) is 0.459. The number of nitrogens with zero attached hydrogens (tertiary/aromatic N) is 1. The molecule has 0 atom stereocenters. The molecule has 0 radical (unpaired) electrons. The number of benzene rings is 1. The summed E-state index contributed by atoms with van der Waals surface area (Å²) >= 11 is 10.4. The molecule has 0 N–H and O–H groups in total. The fraction of sp³-hybridized carbons (Fsp3) is 0.533. The average Bonchev–Trinajstić information content (AvgIpc) is 2.45. The Labute approximate surface area is 131 Å². The Morgan fingerprint density at radius 2 is 2.05 bits per heavy atom. The second-order valence-electron chi connectivity index (χ2n) is 4.63. The molecule has 0 aliphatic carbocycles. The molecule has 0 fully saturated rings. The third-order valence-electron chi connectivity index (χ3n) is 3.36. The van der Waals surface area contributed by atoms with Crippen molar-refractivity contribution in [1.29, 1.82) is 0 Å². The molecule has 0 aliphatic heterocycles. The number of rotatable bonds is 7. The van der Waals surface area contributed by atoms with Gasteiger partial charge in [-0.3, -0.25) is 4.79 Å². The van der Waals surface area contributed by atoms with Crippen LogP contribution in [0.25, 0.3) is 0 Å². The van der Waals surface area contributed by atoms with Gasteiger partial charge < -0.3 is 9.64 Å². The van der Waals surface area contributed by atoms with Crippen LogP contribution < -0.4 is 0 Å². The van der Waals surface area contributed by atoms with Gasteiger partial charge >= 0.3 is 0 Å². The molecule has 0 heterocycles. The van der Waals surface area contributed by atoms with Crippen molar-refractivity contribution < 1.29 is 9.53 Å². The van der Waals surface area contributed by atoms with Gasteiger partial charge in [0, 0.05) is 24.6 Å². The Morgan fingerprint density at radius 1 is 1.40 bits per heavy atom. The van der Waals surface area contributed by atoms with Crippen molar-refractivity contribution in [3.8, 4) is 0 Å². The molecule has 20 heavy (non-hydrogen) atoms. The van der Waals surface area contributed by atoms with E-state index in [2.05, 4.69) is 26.5 Å². The summed E-state index contributed by atoms with van der Waals surface area (Å²) in [6, 6.07) is 5.39. The van der Waals surface area contributed by atoms with E-state index in [-0.39, 0.29) is 11.9 Å². The highest BCUT2D eigenvalue weighted by atomic mass is 35.5.